The Morgan fingerprint density at radius 1 is 0.857 bits per heavy atom. The number of aromatic nitrogens is 1. The van der Waals surface area contributed by atoms with Gasteiger partial charge in [0.15, 0.2) is 5.13 Å². The SMILES string of the molecule is O=C(Nc1ccc(Oc2ccccc2)cc1)c1cccc(Nc2nccs2)c1. The van der Waals surface area contributed by atoms with Gasteiger partial charge in [0.05, 0.1) is 0 Å². The Morgan fingerprint density at radius 3 is 2.39 bits per heavy atom. The van der Waals surface area contributed by atoms with Crippen LogP contribution < -0.4 is 15.4 Å². The van der Waals surface area contributed by atoms with E-state index < -0.39 is 0 Å². The van der Waals surface area contributed by atoms with Crippen molar-refractivity contribution in [1.82, 2.24) is 4.98 Å². The lowest BCUT2D eigenvalue weighted by Gasteiger charge is -2.09. The summed E-state index contributed by atoms with van der Waals surface area (Å²) in [4.78, 5) is 16.7. The van der Waals surface area contributed by atoms with E-state index in [0.717, 1.165) is 16.6 Å². The van der Waals surface area contributed by atoms with Gasteiger partial charge >= 0.3 is 0 Å². The van der Waals surface area contributed by atoms with Crippen molar-refractivity contribution in [1.29, 1.82) is 0 Å². The Bertz CT molecular complexity index is 1050. The number of anilines is 3. The standard InChI is InChI=1S/C22H17N3O2S/c26-21(16-5-4-6-18(15-16)25-22-23-13-14-28-22)24-17-9-11-20(12-10-17)27-19-7-2-1-3-8-19/h1-15H,(H,23,25)(H,24,26). The van der Waals surface area contributed by atoms with Gasteiger partial charge in [-0.2, -0.15) is 0 Å². The molecule has 3 aromatic carbocycles. The molecule has 0 unspecified atom stereocenters. The van der Waals surface area contributed by atoms with E-state index >= 15 is 0 Å². The normalized spacial score (nSPS) is 10.3. The maximum Gasteiger partial charge on any atom is 0.255 e. The van der Waals surface area contributed by atoms with Crippen molar-refractivity contribution in [2.75, 3.05) is 10.6 Å². The van der Waals surface area contributed by atoms with Gasteiger partial charge in [-0.1, -0.05) is 24.3 Å². The lowest BCUT2D eigenvalue weighted by atomic mass is 10.2. The molecule has 0 radical (unpaired) electrons. The lowest BCUT2D eigenvalue weighted by Crippen LogP contribution is -2.11. The number of nitrogens with one attached hydrogen (secondary N) is 2. The van der Waals surface area contributed by atoms with Crippen LogP contribution in [-0.4, -0.2) is 10.9 Å². The number of hydrogen-bond donors (Lipinski definition) is 2. The predicted molar refractivity (Wildman–Crippen MR) is 113 cm³/mol. The number of carbonyl (C=O) groups is 1. The number of amides is 1. The van der Waals surface area contributed by atoms with E-state index in [2.05, 4.69) is 15.6 Å². The van der Waals surface area contributed by atoms with E-state index in [-0.39, 0.29) is 5.91 Å². The zero-order valence-electron chi connectivity index (χ0n) is 14.8. The van der Waals surface area contributed by atoms with Crippen molar-refractivity contribution in [3.8, 4) is 11.5 Å². The minimum absolute atomic E-state index is 0.181. The largest absolute Gasteiger partial charge is 0.457 e. The van der Waals surface area contributed by atoms with E-state index in [9.17, 15) is 4.79 Å². The molecule has 0 aliphatic rings. The summed E-state index contributed by atoms with van der Waals surface area (Å²) in [6.45, 7) is 0. The van der Waals surface area contributed by atoms with Crippen LogP contribution in [-0.2, 0) is 0 Å². The van der Waals surface area contributed by atoms with Crippen LogP contribution in [0.2, 0.25) is 0 Å². The molecule has 28 heavy (non-hydrogen) atoms. The van der Waals surface area contributed by atoms with Gasteiger partial charge in [0.2, 0.25) is 0 Å². The third-order valence-corrected chi connectivity index (χ3v) is 4.59. The molecule has 6 heteroatoms. The number of para-hydroxylation sites is 1. The van der Waals surface area contributed by atoms with Crippen molar-refractivity contribution in [2.45, 2.75) is 0 Å². The maximum atomic E-state index is 12.6. The third kappa shape index (κ3) is 4.55. The van der Waals surface area contributed by atoms with Crippen LogP contribution in [0, 0.1) is 0 Å². The molecule has 0 aliphatic heterocycles. The Labute approximate surface area is 166 Å². The van der Waals surface area contributed by atoms with E-state index in [1.807, 2.05) is 72.1 Å². The summed E-state index contributed by atoms with van der Waals surface area (Å²) >= 11 is 1.50. The van der Waals surface area contributed by atoms with Crippen LogP contribution in [0.25, 0.3) is 0 Å². The molecule has 4 aromatic rings. The van der Waals surface area contributed by atoms with Gasteiger partial charge in [0.1, 0.15) is 11.5 Å². The quantitative estimate of drug-likeness (QED) is 0.430. The molecule has 2 N–H and O–H groups in total. The molecule has 4 rings (SSSR count). The van der Waals surface area contributed by atoms with Gasteiger partial charge in [-0.25, -0.2) is 4.98 Å². The van der Waals surface area contributed by atoms with Gasteiger partial charge < -0.3 is 15.4 Å². The van der Waals surface area contributed by atoms with E-state index in [1.54, 1.807) is 18.3 Å². The second-order valence-electron chi connectivity index (χ2n) is 5.94. The summed E-state index contributed by atoms with van der Waals surface area (Å²) in [5.41, 5.74) is 2.07. The van der Waals surface area contributed by atoms with E-state index in [1.165, 1.54) is 11.3 Å². The molecule has 1 amide bonds. The first-order chi connectivity index (χ1) is 13.8. The zero-order valence-corrected chi connectivity index (χ0v) is 15.6. The van der Waals surface area contributed by atoms with Gasteiger partial charge in [0.25, 0.3) is 5.91 Å². The molecule has 0 saturated heterocycles. The highest BCUT2D eigenvalue weighted by molar-refractivity contribution is 7.13. The smallest absolute Gasteiger partial charge is 0.255 e. The second-order valence-corrected chi connectivity index (χ2v) is 6.83. The summed E-state index contributed by atoms with van der Waals surface area (Å²) in [5.74, 6) is 1.29. The first kappa shape index (κ1) is 17.8. The molecule has 0 aliphatic carbocycles. The summed E-state index contributed by atoms with van der Waals surface area (Å²) in [5, 5.41) is 8.76. The fraction of sp³-hybridized carbons (Fsp3) is 0. The van der Waals surface area contributed by atoms with Crippen LogP contribution in [0.3, 0.4) is 0 Å². The van der Waals surface area contributed by atoms with Crippen molar-refractivity contribution in [3.63, 3.8) is 0 Å². The molecule has 0 saturated carbocycles. The molecule has 138 valence electrons. The molecule has 0 bridgehead atoms. The van der Waals surface area contributed by atoms with Gasteiger partial charge in [-0.05, 0) is 54.6 Å². The number of carbonyl (C=O) groups excluding carboxylic acids is 1. The molecule has 1 heterocycles. The fourth-order valence-corrected chi connectivity index (χ4v) is 3.13. The minimum Gasteiger partial charge on any atom is -0.457 e. The Morgan fingerprint density at radius 2 is 1.64 bits per heavy atom. The van der Waals surface area contributed by atoms with Crippen LogP contribution >= 0.6 is 11.3 Å². The first-order valence-electron chi connectivity index (χ1n) is 8.67. The minimum atomic E-state index is -0.181. The topological polar surface area (TPSA) is 63.2 Å². The number of rotatable bonds is 6. The number of benzene rings is 3. The van der Waals surface area contributed by atoms with Crippen molar-refractivity contribution >= 4 is 33.8 Å². The fourth-order valence-electron chi connectivity index (χ4n) is 2.58. The predicted octanol–water partition coefficient (Wildman–Crippen LogP) is 5.93. The first-order valence-corrected chi connectivity index (χ1v) is 9.55. The maximum absolute atomic E-state index is 12.6. The number of ether oxygens (including phenoxy) is 1. The summed E-state index contributed by atoms with van der Waals surface area (Å²) in [6.07, 6.45) is 1.73. The summed E-state index contributed by atoms with van der Waals surface area (Å²) in [6, 6.07) is 24.1. The van der Waals surface area contributed by atoms with Crippen molar-refractivity contribution in [3.05, 3.63) is 96.0 Å². The van der Waals surface area contributed by atoms with Crippen LogP contribution in [0.1, 0.15) is 10.4 Å². The average Bonchev–Trinajstić information content (AvgIpc) is 3.23. The van der Waals surface area contributed by atoms with E-state index in [4.69, 9.17) is 4.74 Å². The lowest BCUT2D eigenvalue weighted by molar-refractivity contribution is 0.102. The number of thiazole rings is 1. The molecule has 0 spiro atoms. The van der Waals surface area contributed by atoms with Crippen molar-refractivity contribution < 1.29 is 9.53 Å². The van der Waals surface area contributed by atoms with Crippen LogP contribution in [0.15, 0.2) is 90.4 Å². The third-order valence-electron chi connectivity index (χ3n) is 3.90. The summed E-state index contributed by atoms with van der Waals surface area (Å²) < 4.78 is 5.76. The molecule has 5 nitrogen and oxygen atoms in total. The van der Waals surface area contributed by atoms with Crippen molar-refractivity contribution in [2.24, 2.45) is 0 Å². The van der Waals surface area contributed by atoms with Gasteiger partial charge in [0, 0.05) is 28.5 Å². The number of nitrogens with zero attached hydrogens (tertiary/aromatic N) is 1. The van der Waals surface area contributed by atoms with Crippen LogP contribution in [0.4, 0.5) is 16.5 Å². The highest BCUT2D eigenvalue weighted by atomic mass is 32.1. The highest BCUT2D eigenvalue weighted by Crippen LogP contribution is 2.23. The molecule has 1 aromatic heterocycles. The molecule has 0 atom stereocenters. The average molecular weight is 387 g/mol. The van der Waals surface area contributed by atoms with Crippen LogP contribution in [0.5, 0.6) is 11.5 Å². The Kier molecular flexibility index (Phi) is 5.31. The highest BCUT2D eigenvalue weighted by Gasteiger charge is 2.08. The molecular formula is C22H17N3O2S. The second kappa shape index (κ2) is 8.37. The van der Waals surface area contributed by atoms with E-state index in [0.29, 0.717) is 17.0 Å². The monoisotopic (exact) mass is 387 g/mol. The molecular weight excluding hydrogens is 370 g/mol. The Balaban J connectivity index is 1.40. The zero-order chi connectivity index (χ0) is 19.2. The summed E-state index contributed by atoms with van der Waals surface area (Å²) in [7, 11) is 0. The number of hydrogen-bond acceptors (Lipinski definition) is 5. The Hall–Kier alpha value is -3.64. The molecule has 0 fully saturated rings. The van der Waals surface area contributed by atoms with Gasteiger partial charge in [-0.15, -0.1) is 11.3 Å². The van der Waals surface area contributed by atoms with Gasteiger partial charge in [-0.3, -0.25) is 4.79 Å².